The maximum absolute atomic E-state index is 13.6. The summed E-state index contributed by atoms with van der Waals surface area (Å²) in [5.74, 6) is -1.92. The molecule has 3 rings (SSSR count). The molecule has 0 radical (unpaired) electrons. The third-order valence-electron chi connectivity index (χ3n) is 3.39. The number of nitrogens with zero attached hydrogens (tertiary/aromatic N) is 2. The second-order valence-electron chi connectivity index (χ2n) is 5.34. The molecule has 0 spiro atoms. The third-order valence-corrected chi connectivity index (χ3v) is 3.39. The van der Waals surface area contributed by atoms with E-state index in [9.17, 15) is 13.6 Å². The molecule has 0 bridgehead atoms. The first-order valence-electron chi connectivity index (χ1n) is 7.44. The van der Waals surface area contributed by atoms with Crippen LogP contribution < -0.4 is 10.6 Å². The fourth-order valence-corrected chi connectivity index (χ4v) is 2.16. The molecule has 1 amide bonds. The van der Waals surface area contributed by atoms with Crippen molar-refractivity contribution >= 4 is 23.2 Å². The smallest absolute Gasteiger partial charge is 0.258 e. The van der Waals surface area contributed by atoms with Gasteiger partial charge in [-0.25, -0.2) is 18.7 Å². The Balaban J connectivity index is 1.72. The zero-order valence-corrected chi connectivity index (χ0v) is 13.3. The number of benzene rings is 2. The standard InChI is InChI=1S/C18H14F2N4O/c1-11-4-2-5-13(8-11)23-17(25)12-9-21-18(22-10-12)24-16-14(19)6-3-7-15(16)20/h2-10H,1H3,(H,23,25)(H,21,22,24). The first kappa shape index (κ1) is 16.5. The SMILES string of the molecule is Cc1cccc(NC(=O)c2cnc(Nc3c(F)cccc3F)nc2)c1. The van der Waals surface area contributed by atoms with Crippen LogP contribution in [-0.2, 0) is 0 Å². The van der Waals surface area contributed by atoms with Gasteiger partial charge in [0.25, 0.3) is 5.91 Å². The second-order valence-corrected chi connectivity index (χ2v) is 5.34. The summed E-state index contributed by atoms with van der Waals surface area (Å²) in [6.45, 7) is 1.92. The van der Waals surface area contributed by atoms with Crippen molar-refractivity contribution in [3.05, 3.63) is 77.6 Å². The van der Waals surface area contributed by atoms with Gasteiger partial charge >= 0.3 is 0 Å². The van der Waals surface area contributed by atoms with Gasteiger partial charge in [0.15, 0.2) is 0 Å². The lowest BCUT2D eigenvalue weighted by Gasteiger charge is -2.08. The van der Waals surface area contributed by atoms with Gasteiger partial charge < -0.3 is 10.6 Å². The van der Waals surface area contributed by atoms with Gasteiger partial charge in [-0.1, -0.05) is 18.2 Å². The number of nitrogens with one attached hydrogen (secondary N) is 2. The van der Waals surface area contributed by atoms with Gasteiger partial charge in [0.1, 0.15) is 17.3 Å². The van der Waals surface area contributed by atoms with E-state index in [-0.39, 0.29) is 23.1 Å². The Kier molecular flexibility index (Phi) is 4.65. The molecular weight excluding hydrogens is 326 g/mol. The first-order chi connectivity index (χ1) is 12.0. The van der Waals surface area contributed by atoms with E-state index in [1.165, 1.54) is 18.5 Å². The third kappa shape index (κ3) is 3.95. The predicted octanol–water partition coefficient (Wildman–Crippen LogP) is 4.06. The number of para-hydroxylation sites is 1. The lowest BCUT2D eigenvalue weighted by atomic mass is 10.2. The van der Waals surface area contributed by atoms with Crippen molar-refractivity contribution in [2.45, 2.75) is 6.92 Å². The lowest BCUT2D eigenvalue weighted by molar-refractivity contribution is 0.102. The molecular formula is C18H14F2N4O. The van der Waals surface area contributed by atoms with Gasteiger partial charge in [0.05, 0.1) is 5.56 Å². The minimum absolute atomic E-state index is 0.0175. The Bertz CT molecular complexity index is 893. The van der Waals surface area contributed by atoms with Crippen molar-refractivity contribution < 1.29 is 13.6 Å². The van der Waals surface area contributed by atoms with Crippen LogP contribution in [0.25, 0.3) is 0 Å². The minimum atomic E-state index is -0.759. The molecule has 0 atom stereocenters. The normalized spacial score (nSPS) is 10.4. The molecule has 25 heavy (non-hydrogen) atoms. The van der Waals surface area contributed by atoms with Crippen LogP contribution in [0.1, 0.15) is 15.9 Å². The summed E-state index contributed by atoms with van der Waals surface area (Å²) in [6.07, 6.45) is 2.55. The molecule has 5 nitrogen and oxygen atoms in total. The van der Waals surface area contributed by atoms with Gasteiger partial charge in [-0.2, -0.15) is 0 Å². The molecule has 1 aromatic heterocycles. The van der Waals surface area contributed by atoms with Crippen LogP contribution in [0.15, 0.2) is 54.9 Å². The van der Waals surface area contributed by atoms with Crippen LogP contribution in [-0.4, -0.2) is 15.9 Å². The zero-order chi connectivity index (χ0) is 17.8. The highest BCUT2D eigenvalue weighted by atomic mass is 19.1. The summed E-state index contributed by atoms with van der Waals surface area (Å²) in [4.78, 5) is 20.0. The van der Waals surface area contributed by atoms with Crippen LogP contribution in [0.5, 0.6) is 0 Å². The lowest BCUT2D eigenvalue weighted by Crippen LogP contribution is -2.13. The first-order valence-corrected chi connectivity index (χ1v) is 7.44. The van der Waals surface area contributed by atoms with Crippen LogP contribution in [0, 0.1) is 18.6 Å². The van der Waals surface area contributed by atoms with Crippen molar-refractivity contribution in [2.75, 3.05) is 10.6 Å². The van der Waals surface area contributed by atoms with Gasteiger partial charge in [-0.3, -0.25) is 4.79 Å². The van der Waals surface area contributed by atoms with E-state index >= 15 is 0 Å². The number of halogens is 2. The molecule has 3 aromatic rings. The predicted molar refractivity (Wildman–Crippen MR) is 90.8 cm³/mol. The number of rotatable bonds is 4. The maximum atomic E-state index is 13.6. The van der Waals surface area contributed by atoms with Gasteiger partial charge in [-0.15, -0.1) is 0 Å². The summed E-state index contributed by atoms with van der Waals surface area (Å²) in [7, 11) is 0. The molecule has 7 heteroatoms. The van der Waals surface area contributed by atoms with Gasteiger partial charge in [0, 0.05) is 18.1 Å². The number of amides is 1. The average molecular weight is 340 g/mol. The number of aromatic nitrogens is 2. The summed E-state index contributed by atoms with van der Waals surface area (Å²) in [5.41, 5.74) is 1.54. The van der Waals surface area contributed by atoms with Crippen LogP contribution >= 0.6 is 0 Å². The van der Waals surface area contributed by atoms with E-state index in [1.807, 2.05) is 25.1 Å². The summed E-state index contributed by atoms with van der Waals surface area (Å²) >= 11 is 0. The van der Waals surface area contributed by atoms with Crippen LogP contribution in [0.2, 0.25) is 0 Å². The summed E-state index contributed by atoms with van der Waals surface area (Å²) < 4.78 is 27.2. The highest BCUT2D eigenvalue weighted by Crippen LogP contribution is 2.21. The largest absolute Gasteiger partial charge is 0.322 e. The van der Waals surface area contributed by atoms with E-state index in [1.54, 1.807) is 6.07 Å². The maximum Gasteiger partial charge on any atom is 0.258 e. The second kappa shape index (κ2) is 7.04. The molecule has 2 aromatic carbocycles. The fourth-order valence-electron chi connectivity index (χ4n) is 2.16. The quantitative estimate of drug-likeness (QED) is 0.752. The Hall–Kier alpha value is -3.35. The number of aryl methyl sites for hydroxylation is 1. The average Bonchev–Trinajstić information content (AvgIpc) is 2.59. The Morgan fingerprint density at radius 3 is 2.28 bits per heavy atom. The highest BCUT2D eigenvalue weighted by molar-refractivity contribution is 6.03. The molecule has 0 saturated carbocycles. The zero-order valence-electron chi connectivity index (χ0n) is 13.3. The van der Waals surface area contributed by atoms with E-state index in [0.29, 0.717) is 5.69 Å². The molecule has 0 saturated heterocycles. The molecule has 0 aliphatic rings. The Morgan fingerprint density at radius 1 is 1.00 bits per heavy atom. The topological polar surface area (TPSA) is 66.9 Å². The number of hydrogen-bond acceptors (Lipinski definition) is 4. The van der Waals surface area contributed by atoms with Crippen molar-refractivity contribution in [3.63, 3.8) is 0 Å². The molecule has 0 fully saturated rings. The van der Waals surface area contributed by atoms with Crippen molar-refractivity contribution in [2.24, 2.45) is 0 Å². The molecule has 0 aliphatic carbocycles. The number of carbonyl (C=O) groups is 1. The minimum Gasteiger partial charge on any atom is -0.322 e. The fraction of sp³-hybridized carbons (Fsp3) is 0.0556. The Labute approximate surface area is 142 Å². The molecule has 0 unspecified atom stereocenters. The molecule has 126 valence electrons. The summed E-state index contributed by atoms with van der Waals surface area (Å²) in [6, 6.07) is 10.8. The van der Waals surface area contributed by atoms with Gasteiger partial charge in [0.2, 0.25) is 5.95 Å². The number of hydrogen-bond donors (Lipinski definition) is 2. The number of carbonyl (C=O) groups excluding carboxylic acids is 1. The van der Waals surface area contributed by atoms with Crippen molar-refractivity contribution in [1.82, 2.24) is 9.97 Å². The molecule has 2 N–H and O–H groups in total. The Morgan fingerprint density at radius 2 is 1.64 bits per heavy atom. The van der Waals surface area contributed by atoms with Crippen LogP contribution in [0.4, 0.5) is 26.1 Å². The van der Waals surface area contributed by atoms with Gasteiger partial charge in [-0.05, 0) is 36.8 Å². The monoisotopic (exact) mass is 340 g/mol. The highest BCUT2D eigenvalue weighted by Gasteiger charge is 2.11. The molecule has 1 heterocycles. The van der Waals surface area contributed by atoms with Crippen LogP contribution in [0.3, 0.4) is 0 Å². The van der Waals surface area contributed by atoms with E-state index in [4.69, 9.17) is 0 Å². The van der Waals surface area contributed by atoms with Crippen molar-refractivity contribution in [3.8, 4) is 0 Å². The van der Waals surface area contributed by atoms with E-state index < -0.39 is 11.6 Å². The van der Waals surface area contributed by atoms with Crippen molar-refractivity contribution in [1.29, 1.82) is 0 Å². The summed E-state index contributed by atoms with van der Waals surface area (Å²) in [5, 5.41) is 5.19. The van der Waals surface area contributed by atoms with E-state index in [0.717, 1.165) is 17.7 Å². The van der Waals surface area contributed by atoms with E-state index in [2.05, 4.69) is 20.6 Å². The molecule has 0 aliphatic heterocycles. The number of anilines is 3.